The second kappa shape index (κ2) is 5.23. The monoisotopic (exact) mass is 262 g/mol. The fraction of sp³-hybridized carbons (Fsp3) is 0.231. The SMILES string of the molecule is CNc1ncc(C)c(Nc2c(C)cccc2Cl)n1. The van der Waals surface area contributed by atoms with E-state index in [4.69, 9.17) is 11.6 Å². The number of rotatable bonds is 3. The van der Waals surface area contributed by atoms with E-state index in [2.05, 4.69) is 20.6 Å². The van der Waals surface area contributed by atoms with Gasteiger partial charge in [-0.1, -0.05) is 23.7 Å². The van der Waals surface area contributed by atoms with Gasteiger partial charge in [0.05, 0.1) is 10.7 Å². The molecule has 1 heterocycles. The van der Waals surface area contributed by atoms with Gasteiger partial charge in [0.2, 0.25) is 5.95 Å². The lowest BCUT2D eigenvalue weighted by Gasteiger charge is -2.13. The van der Waals surface area contributed by atoms with Crippen LogP contribution in [0, 0.1) is 13.8 Å². The van der Waals surface area contributed by atoms with Crippen LogP contribution in [0.4, 0.5) is 17.5 Å². The van der Waals surface area contributed by atoms with Gasteiger partial charge in [0.15, 0.2) is 0 Å². The average molecular weight is 263 g/mol. The highest BCUT2D eigenvalue weighted by Crippen LogP contribution is 2.29. The first-order valence-electron chi connectivity index (χ1n) is 5.65. The third-order valence-electron chi connectivity index (χ3n) is 2.66. The van der Waals surface area contributed by atoms with Crippen LogP contribution in [0.2, 0.25) is 5.02 Å². The Hall–Kier alpha value is -1.81. The lowest BCUT2D eigenvalue weighted by atomic mass is 10.2. The van der Waals surface area contributed by atoms with Crippen molar-refractivity contribution in [1.82, 2.24) is 9.97 Å². The molecule has 0 saturated carbocycles. The number of benzene rings is 1. The Labute approximate surface area is 111 Å². The summed E-state index contributed by atoms with van der Waals surface area (Å²) in [6, 6.07) is 5.78. The number of aromatic nitrogens is 2. The van der Waals surface area contributed by atoms with E-state index in [1.165, 1.54) is 0 Å². The second-order valence-electron chi connectivity index (χ2n) is 4.03. The molecule has 0 fully saturated rings. The van der Waals surface area contributed by atoms with E-state index in [1.54, 1.807) is 13.2 Å². The second-order valence-corrected chi connectivity index (χ2v) is 4.44. The Morgan fingerprint density at radius 2 is 1.94 bits per heavy atom. The molecule has 0 unspecified atom stereocenters. The molecule has 2 N–H and O–H groups in total. The lowest BCUT2D eigenvalue weighted by Crippen LogP contribution is -2.03. The number of aryl methyl sites for hydroxylation is 2. The van der Waals surface area contributed by atoms with E-state index < -0.39 is 0 Å². The van der Waals surface area contributed by atoms with E-state index in [9.17, 15) is 0 Å². The molecule has 0 aliphatic rings. The predicted molar refractivity (Wildman–Crippen MR) is 75.8 cm³/mol. The molecule has 4 nitrogen and oxygen atoms in total. The summed E-state index contributed by atoms with van der Waals surface area (Å²) in [5.74, 6) is 1.33. The molecular formula is C13H15ClN4. The van der Waals surface area contributed by atoms with Crippen LogP contribution in [-0.2, 0) is 0 Å². The van der Waals surface area contributed by atoms with E-state index in [0.29, 0.717) is 11.0 Å². The fourth-order valence-corrected chi connectivity index (χ4v) is 1.87. The van der Waals surface area contributed by atoms with Crippen molar-refractivity contribution in [2.75, 3.05) is 17.7 Å². The van der Waals surface area contributed by atoms with Crippen LogP contribution in [0.15, 0.2) is 24.4 Å². The predicted octanol–water partition coefficient (Wildman–Crippen LogP) is 3.53. The standard InChI is InChI=1S/C13H15ClN4/c1-8-5-4-6-10(14)11(8)17-12-9(2)7-16-13(15-3)18-12/h4-7H,1-3H3,(H2,15,16,17,18). The van der Waals surface area contributed by atoms with Crippen molar-refractivity contribution in [3.63, 3.8) is 0 Å². The molecule has 0 aliphatic carbocycles. The molecule has 18 heavy (non-hydrogen) atoms. The molecule has 0 saturated heterocycles. The molecule has 0 radical (unpaired) electrons. The van der Waals surface area contributed by atoms with Crippen LogP contribution in [0.25, 0.3) is 0 Å². The van der Waals surface area contributed by atoms with E-state index in [1.807, 2.05) is 32.0 Å². The number of anilines is 3. The molecule has 0 atom stereocenters. The van der Waals surface area contributed by atoms with Crippen molar-refractivity contribution in [3.8, 4) is 0 Å². The Balaban J connectivity index is 2.39. The van der Waals surface area contributed by atoms with Crippen LogP contribution >= 0.6 is 11.6 Å². The summed E-state index contributed by atoms with van der Waals surface area (Å²) in [6.45, 7) is 3.96. The van der Waals surface area contributed by atoms with Gasteiger partial charge in [-0.15, -0.1) is 0 Å². The maximum atomic E-state index is 6.18. The largest absolute Gasteiger partial charge is 0.357 e. The van der Waals surface area contributed by atoms with E-state index >= 15 is 0 Å². The zero-order valence-electron chi connectivity index (χ0n) is 10.6. The van der Waals surface area contributed by atoms with E-state index in [-0.39, 0.29) is 0 Å². The number of nitrogens with zero attached hydrogens (tertiary/aromatic N) is 2. The van der Waals surface area contributed by atoms with Crippen molar-refractivity contribution in [1.29, 1.82) is 0 Å². The van der Waals surface area contributed by atoms with Crippen molar-refractivity contribution in [3.05, 3.63) is 40.5 Å². The lowest BCUT2D eigenvalue weighted by molar-refractivity contribution is 1.12. The van der Waals surface area contributed by atoms with Gasteiger partial charge in [-0.05, 0) is 25.5 Å². The van der Waals surface area contributed by atoms with Crippen molar-refractivity contribution in [2.45, 2.75) is 13.8 Å². The summed E-state index contributed by atoms with van der Waals surface area (Å²) in [6.07, 6.45) is 1.77. The highest BCUT2D eigenvalue weighted by molar-refractivity contribution is 6.33. The summed E-state index contributed by atoms with van der Waals surface area (Å²) in [4.78, 5) is 8.52. The molecule has 0 bridgehead atoms. The van der Waals surface area contributed by atoms with Crippen LogP contribution in [-0.4, -0.2) is 17.0 Å². The number of hydrogen-bond acceptors (Lipinski definition) is 4. The molecule has 0 spiro atoms. The Kier molecular flexibility index (Phi) is 3.67. The minimum atomic E-state index is 0.577. The minimum absolute atomic E-state index is 0.577. The molecule has 94 valence electrons. The van der Waals surface area contributed by atoms with Gasteiger partial charge in [0.1, 0.15) is 5.82 Å². The summed E-state index contributed by atoms with van der Waals surface area (Å²) >= 11 is 6.18. The summed E-state index contributed by atoms with van der Waals surface area (Å²) in [5.41, 5.74) is 2.92. The normalized spacial score (nSPS) is 10.2. The topological polar surface area (TPSA) is 49.8 Å². The van der Waals surface area contributed by atoms with Crippen LogP contribution in [0.1, 0.15) is 11.1 Å². The molecular weight excluding hydrogens is 248 g/mol. The molecule has 0 amide bonds. The first kappa shape index (κ1) is 12.6. The number of nitrogens with one attached hydrogen (secondary N) is 2. The Bertz CT molecular complexity index is 549. The van der Waals surface area contributed by atoms with Gasteiger partial charge in [0, 0.05) is 18.8 Å². The smallest absolute Gasteiger partial charge is 0.224 e. The first-order chi connectivity index (χ1) is 8.61. The van der Waals surface area contributed by atoms with Gasteiger partial charge >= 0.3 is 0 Å². The van der Waals surface area contributed by atoms with Crippen LogP contribution < -0.4 is 10.6 Å². The van der Waals surface area contributed by atoms with Gasteiger partial charge in [-0.2, -0.15) is 4.98 Å². The summed E-state index contributed by atoms with van der Waals surface area (Å²) < 4.78 is 0. The number of halogens is 1. The van der Waals surface area contributed by atoms with Crippen molar-refractivity contribution < 1.29 is 0 Å². The Morgan fingerprint density at radius 1 is 1.17 bits per heavy atom. The molecule has 2 rings (SSSR count). The first-order valence-corrected chi connectivity index (χ1v) is 6.03. The minimum Gasteiger partial charge on any atom is -0.357 e. The van der Waals surface area contributed by atoms with Crippen LogP contribution in [0.5, 0.6) is 0 Å². The maximum Gasteiger partial charge on any atom is 0.224 e. The third kappa shape index (κ3) is 2.54. The highest BCUT2D eigenvalue weighted by atomic mass is 35.5. The molecule has 1 aromatic carbocycles. The summed E-state index contributed by atoms with van der Waals surface area (Å²) in [7, 11) is 1.79. The summed E-state index contributed by atoms with van der Waals surface area (Å²) in [5, 5.41) is 6.85. The van der Waals surface area contributed by atoms with Gasteiger partial charge in [-0.25, -0.2) is 4.98 Å². The Morgan fingerprint density at radius 3 is 2.61 bits per heavy atom. The van der Waals surface area contributed by atoms with Crippen molar-refractivity contribution in [2.24, 2.45) is 0 Å². The van der Waals surface area contributed by atoms with Crippen LogP contribution in [0.3, 0.4) is 0 Å². The third-order valence-corrected chi connectivity index (χ3v) is 2.98. The van der Waals surface area contributed by atoms with E-state index in [0.717, 1.165) is 22.6 Å². The van der Waals surface area contributed by atoms with Gasteiger partial charge in [-0.3, -0.25) is 0 Å². The zero-order valence-corrected chi connectivity index (χ0v) is 11.3. The quantitative estimate of drug-likeness (QED) is 0.888. The van der Waals surface area contributed by atoms with Gasteiger partial charge < -0.3 is 10.6 Å². The zero-order chi connectivity index (χ0) is 13.1. The maximum absolute atomic E-state index is 6.18. The molecule has 2 aromatic rings. The highest BCUT2D eigenvalue weighted by Gasteiger charge is 2.08. The number of para-hydroxylation sites is 1. The fourth-order valence-electron chi connectivity index (χ4n) is 1.60. The molecule has 5 heteroatoms. The average Bonchev–Trinajstić information content (AvgIpc) is 2.36. The molecule has 0 aliphatic heterocycles. The number of hydrogen-bond donors (Lipinski definition) is 2. The van der Waals surface area contributed by atoms with Crippen molar-refractivity contribution >= 4 is 29.1 Å². The molecule has 1 aromatic heterocycles. The van der Waals surface area contributed by atoms with Gasteiger partial charge in [0.25, 0.3) is 0 Å².